The van der Waals surface area contributed by atoms with Gasteiger partial charge in [-0.05, 0) is 27.4 Å². The molecule has 1 atom stereocenters. The number of likely N-dealkylation sites (N-methyl/N-ethyl adjacent to an activating group) is 1. The van der Waals surface area contributed by atoms with Gasteiger partial charge in [-0.15, -0.1) is 0 Å². The molecule has 84 valence electrons. The fourth-order valence-corrected chi connectivity index (χ4v) is 0.932. The molecule has 0 aromatic heterocycles. The van der Waals surface area contributed by atoms with Gasteiger partial charge in [0.15, 0.2) is 0 Å². The normalized spacial score (nSPS) is 12.9. The second-order valence-corrected chi connectivity index (χ2v) is 3.86. The van der Waals surface area contributed by atoms with E-state index in [1.54, 1.807) is 0 Å². The van der Waals surface area contributed by atoms with Crippen LogP contribution in [0.15, 0.2) is 0 Å². The number of rotatable bonds is 7. The summed E-state index contributed by atoms with van der Waals surface area (Å²) in [5, 5.41) is 5.99. The van der Waals surface area contributed by atoms with Gasteiger partial charge in [-0.2, -0.15) is 0 Å². The summed E-state index contributed by atoms with van der Waals surface area (Å²) in [6.07, 6.45) is 0.976. The zero-order chi connectivity index (χ0) is 11.0. The molecule has 0 aromatic carbocycles. The first-order valence-corrected chi connectivity index (χ1v) is 5.21. The molecule has 0 rings (SSSR count). The van der Waals surface area contributed by atoms with E-state index in [1.165, 1.54) is 0 Å². The molecule has 0 saturated carbocycles. The third-order valence-corrected chi connectivity index (χ3v) is 2.04. The molecule has 0 aromatic rings. The molecule has 0 aliphatic rings. The topological polar surface area (TPSA) is 44.4 Å². The molecule has 0 radical (unpaired) electrons. The van der Waals surface area contributed by atoms with E-state index in [1.807, 2.05) is 21.0 Å². The number of carbonyl (C=O) groups is 1. The van der Waals surface area contributed by atoms with Crippen LogP contribution in [0, 0.1) is 0 Å². The molecule has 0 aliphatic heterocycles. The predicted molar refractivity (Wildman–Crippen MR) is 59.3 cm³/mol. The average molecular weight is 201 g/mol. The lowest BCUT2D eigenvalue weighted by Gasteiger charge is -2.13. The van der Waals surface area contributed by atoms with Gasteiger partial charge in [0.25, 0.3) is 0 Å². The van der Waals surface area contributed by atoms with E-state index in [9.17, 15) is 4.79 Å². The van der Waals surface area contributed by atoms with Gasteiger partial charge in [0.2, 0.25) is 5.91 Å². The Kier molecular flexibility index (Phi) is 7.42. The lowest BCUT2D eigenvalue weighted by molar-refractivity contribution is -0.120. The predicted octanol–water partition coefficient (Wildman–Crippen LogP) is 0.0523. The summed E-state index contributed by atoms with van der Waals surface area (Å²) in [4.78, 5) is 13.4. The second kappa shape index (κ2) is 7.76. The quantitative estimate of drug-likeness (QED) is 0.572. The Morgan fingerprint density at radius 2 is 2.07 bits per heavy atom. The molecule has 4 heteroatoms. The van der Waals surface area contributed by atoms with Crippen molar-refractivity contribution < 1.29 is 4.79 Å². The summed E-state index contributed by atoms with van der Waals surface area (Å²) in [6.45, 7) is 6.29. The van der Waals surface area contributed by atoms with Crippen molar-refractivity contribution in [3.63, 3.8) is 0 Å². The van der Waals surface area contributed by atoms with Crippen molar-refractivity contribution >= 4 is 5.91 Å². The van der Waals surface area contributed by atoms with Gasteiger partial charge in [-0.3, -0.25) is 4.79 Å². The third kappa shape index (κ3) is 8.01. The van der Waals surface area contributed by atoms with Crippen molar-refractivity contribution in [3.8, 4) is 0 Å². The highest BCUT2D eigenvalue weighted by atomic mass is 16.1. The summed E-state index contributed by atoms with van der Waals surface area (Å²) in [7, 11) is 4.03. The van der Waals surface area contributed by atoms with Gasteiger partial charge in [-0.25, -0.2) is 0 Å². The molecular weight excluding hydrogens is 178 g/mol. The third-order valence-electron chi connectivity index (χ3n) is 2.04. The number of nitrogens with one attached hydrogen (secondary N) is 2. The van der Waals surface area contributed by atoms with E-state index in [2.05, 4.69) is 22.5 Å². The fraction of sp³-hybridized carbons (Fsp3) is 0.900. The van der Waals surface area contributed by atoms with Gasteiger partial charge in [0.05, 0.1) is 6.54 Å². The molecule has 0 saturated heterocycles. The first-order chi connectivity index (χ1) is 6.56. The molecular formula is C10H23N3O. The van der Waals surface area contributed by atoms with Crippen molar-refractivity contribution in [3.05, 3.63) is 0 Å². The molecule has 0 bridgehead atoms. The summed E-state index contributed by atoms with van der Waals surface area (Å²) < 4.78 is 0. The maximum absolute atomic E-state index is 11.3. The van der Waals surface area contributed by atoms with Crippen LogP contribution in [-0.2, 0) is 4.79 Å². The smallest absolute Gasteiger partial charge is 0.234 e. The van der Waals surface area contributed by atoms with Gasteiger partial charge < -0.3 is 15.5 Å². The Bertz CT molecular complexity index is 159. The molecule has 0 spiro atoms. The molecule has 2 N–H and O–H groups in total. The second-order valence-electron chi connectivity index (χ2n) is 3.86. The highest BCUT2D eigenvalue weighted by molar-refractivity contribution is 5.78. The van der Waals surface area contributed by atoms with Crippen LogP contribution in [0.25, 0.3) is 0 Å². The highest BCUT2D eigenvalue weighted by Crippen LogP contribution is 1.86. The van der Waals surface area contributed by atoms with Crippen molar-refractivity contribution in [2.45, 2.75) is 26.3 Å². The number of hydrogen-bond acceptors (Lipinski definition) is 3. The van der Waals surface area contributed by atoms with Crippen LogP contribution in [0.4, 0.5) is 0 Å². The lowest BCUT2D eigenvalue weighted by Crippen LogP contribution is -2.40. The highest BCUT2D eigenvalue weighted by Gasteiger charge is 2.03. The van der Waals surface area contributed by atoms with Crippen molar-refractivity contribution in [2.75, 3.05) is 33.7 Å². The van der Waals surface area contributed by atoms with E-state index in [4.69, 9.17) is 0 Å². The first kappa shape index (κ1) is 13.4. The number of hydrogen-bond donors (Lipinski definition) is 2. The Hall–Kier alpha value is -0.610. The van der Waals surface area contributed by atoms with Gasteiger partial charge in [0, 0.05) is 19.1 Å². The van der Waals surface area contributed by atoms with E-state index < -0.39 is 0 Å². The average Bonchev–Trinajstić information content (AvgIpc) is 2.12. The van der Waals surface area contributed by atoms with Crippen LogP contribution in [0.5, 0.6) is 0 Å². The van der Waals surface area contributed by atoms with Crippen molar-refractivity contribution in [2.24, 2.45) is 0 Å². The molecule has 0 aliphatic carbocycles. The maximum atomic E-state index is 11.3. The van der Waals surface area contributed by atoms with Crippen molar-refractivity contribution in [1.29, 1.82) is 0 Å². The molecule has 1 amide bonds. The minimum atomic E-state index is 0.0816. The Balaban J connectivity index is 3.36. The SMILES string of the molecule is CCC(C)NC(=O)CNCCN(C)C. The Morgan fingerprint density at radius 3 is 2.57 bits per heavy atom. The molecule has 1 unspecified atom stereocenters. The van der Waals surface area contributed by atoms with Gasteiger partial charge in [-0.1, -0.05) is 6.92 Å². The zero-order valence-corrected chi connectivity index (χ0v) is 9.76. The van der Waals surface area contributed by atoms with E-state index in [0.717, 1.165) is 19.5 Å². The fourth-order valence-electron chi connectivity index (χ4n) is 0.932. The van der Waals surface area contributed by atoms with Crippen LogP contribution in [0.1, 0.15) is 20.3 Å². The Labute approximate surface area is 87.0 Å². The lowest BCUT2D eigenvalue weighted by atomic mass is 10.2. The standard InChI is InChI=1S/C10H23N3O/c1-5-9(2)12-10(14)8-11-6-7-13(3)4/h9,11H,5-8H2,1-4H3,(H,12,14). The minimum Gasteiger partial charge on any atom is -0.353 e. The van der Waals surface area contributed by atoms with Crippen LogP contribution < -0.4 is 10.6 Å². The van der Waals surface area contributed by atoms with Gasteiger partial charge >= 0.3 is 0 Å². The van der Waals surface area contributed by atoms with E-state index in [-0.39, 0.29) is 11.9 Å². The molecule has 0 fully saturated rings. The van der Waals surface area contributed by atoms with Crippen LogP contribution in [0.3, 0.4) is 0 Å². The van der Waals surface area contributed by atoms with Crippen LogP contribution in [0.2, 0.25) is 0 Å². The number of amides is 1. The largest absolute Gasteiger partial charge is 0.353 e. The Morgan fingerprint density at radius 1 is 1.43 bits per heavy atom. The summed E-state index contributed by atoms with van der Waals surface area (Å²) in [6, 6.07) is 0.276. The van der Waals surface area contributed by atoms with Crippen LogP contribution in [-0.4, -0.2) is 50.6 Å². The van der Waals surface area contributed by atoms with Crippen molar-refractivity contribution in [1.82, 2.24) is 15.5 Å². The van der Waals surface area contributed by atoms with E-state index >= 15 is 0 Å². The minimum absolute atomic E-state index is 0.0816. The molecule has 4 nitrogen and oxygen atoms in total. The maximum Gasteiger partial charge on any atom is 0.234 e. The van der Waals surface area contributed by atoms with Crippen LogP contribution >= 0.6 is 0 Å². The van der Waals surface area contributed by atoms with Gasteiger partial charge in [0.1, 0.15) is 0 Å². The summed E-state index contributed by atoms with van der Waals surface area (Å²) in [5.74, 6) is 0.0816. The summed E-state index contributed by atoms with van der Waals surface area (Å²) >= 11 is 0. The number of nitrogens with zero attached hydrogens (tertiary/aromatic N) is 1. The monoisotopic (exact) mass is 201 g/mol. The summed E-state index contributed by atoms with van der Waals surface area (Å²) in [5.41, 5.74) is 0. The van der Waals surface area contributed by atoms with E-state index in [0.29, 0.717) is 6.54 Å². The first-order valence-electron chi connectivity index (χ1n) is 5.21. The number of carbonyl (C=O) groups excluding carboxylic acids is 1. The molecule has 0 heterocycles. The molecule has 14 heavy (non-hydrogen) atoms. The zero-order valence-electron chi connectivity index (χ0n) is 9.76.